The van der Waals surface area contributed by atoms with Crippen LogP contribution in [-0.4, -0.2) is 43.0 Å². The van der Waals surface area contributed by atoms with E-state index in [1.165, 1.54) is 0 Å². The van der Waals surface area contributed by atoms with Crippen LogP contribution < -0.4 is 0 Å². The van der Waals surface area contributed by atoms with Crippen molar-refractivity contribution in [1.82, 2.24) is 4.90 Å². The number of hydrogen-bond donors (Lipinski definition) is 0. The van der Waals surface area contributed by atoms with Crippen LogP contribution >= 0.6 is 0 Å². The van der Waals surface area contributed by atoms with Gasteiger partial charge in [-0.25, -0.2) is 0 Å². The summed E-state index contributed by atoms with van der Waals surface area (Å²) in [6.45, 7) is 11.9. The van der Waals surface area contributed by atoms with Crippen LogP contribution in [0.3, 0.4) is 0 Å². The summed E-state index contributed by atoms with van der Waals surface area (Å²) in [5, 5.41) is 0. The summed E-state index contributed by atoms with van der Waals surface area (Å²) in [4.78, 5) is 15.0. The van der Waals surface area contributed by atoms with Crippen LogP contribution in [0.5, 0.6) is 0 Å². The maximum Gasteiger partial charge on any atom is 0.155 e. The highest BCUT2D eigenvalue weighted by atomic mass is 16.5. The Morgan fingerprint density at radius 1 is 1.41 bits per heavy atom. The smallest absolute Gasteiger partial charge is 0.155 e. The Morgan fingerprint density at radius 2 is 2.12 bits per heavy atom. The minimum Gasteiger partial charge on any atom is -0.381 e. The molecule has 3 heteroatoms. The Kier molecular flexibility index (Phi) is 3.60. The monoisotopic (exact) mass is 239 g/mol. The van der Waals surface area contributed by atoms with Gasteiger partial charge < -0.3 is 4.74 Å². The zero-order chi connectivity index (χ0) is 12.6. The summed E-state index contributed by atoms with van der Waals surface area (Å²) in [5.74, 6) is 1.48. The number of ketones is 1. The molecular weight excluding hydrogens is 214 g/mol. The van der Waals surface area contributed by atoms with E-state index in [-0.39, 0.29) is 11.5 Å². The van der Waals surface area contributed by atoms with Crippen molar-refractivity contribution >= 4 is 5.78 Å². The lowest BCUT2D eigenvalue weighted by Crippen LogP contribution is -2.46. The Labute approximate surface area is 105 Å². The van der Waals surface area contributed by atoms with Crippen molar-refractivity contribution in [3.05, 3.63) is 0 Å². The number of rotatable bonds is 2. The van der Waals surface area contributed by atoms with Crippen LogP contribution in [0.1, 0.15) is 34.1 Å². The molecule has 0 amide bonds. The van der Waals surface area contributed by atoms with Gasteiger partial charge in [0.2, 0.25) is 0 Å². The number of fused-ring (bicyclic) bond motifs is 1. The Balaban J connectivity index is 2.20. The van der Waals surface area contributed by atoms with E-state index in [1.807, 2.05) is 20.8 Å². The van der Waals surface area contributed by atoms with E-state index in [0.717, 1.165) is 32.7 Å². The van der Waals surface area contributed by atoms with Crippen LogP contribution in [0.25, 0.3) is 0 Å². The fraction of sp³-hybridized carbons (Fsp3) is 0.929. The van der Waals surface area contributed by atoms with Crippen LogP contribution in [0.15, 0.2) is 0 Å². The van der Waals surface area contributed by atoms with Crippen LogP contribution in [0.4, 0.5) is 0 Å². The van der Waals surface area contributed by atoms with Crippen molar-refractivity contribution in [2.75, 3.05) is 26.3 Å². The third kappa shape index (κ3) is 2.41. The molecule has 2 heterocycles. The largest absolute Gasteiger partial charge is 0.381 e. The number of carbonyl (C=O) groups is 1. The highest BCUT2D eigenvalue weighted by Crippen LogP contribution is 2.38. The quantitative estimate of drug-likeness (QED) is 0.738. The summed E-state index contributed by atoms with van der Waals surface area (Å²) in [5.41, 5.74) is -0.246. The number of ether oxygens (including phenoxy) is 1. The molecule has 3 atom stereocenters. The maximum atomic E-state index is 12.6. The lowest BCUT2D eigenvalue weighted by Gasteiger charge is -2.33. The molecule has 0 saturated carbocycles. The second-order valence-corrected chi connectivity index (χ2v) is 6.43. The van der Waals surface area contributed by atoms with E-state index < -0.39 is 0 Å². The van der Waals surface area contributed by atoms with Gasteiger partial charge in [0.1, 0.15) is 0 Å². The van der Waals surface area contributed by atoms with E-state index in [4.69, 9.17) is 4.74 Å². The van der Waals surface area contributed by atoms with Crippen molar-refractivity contribution in [3.63, 3.8) is 0 Å². The maximum absolute atomic E-state index is 12.6. The fourth-order valence-corrected chi connectivity index (χ4v) is 3.20. The van der Waals surface area contributed by atoms with Gasteiger partial charge in [-0.3, -0.25) is 9.69 Å². The zero-order valence-electron chi connectivity index (χ0n) is 11.5. The molecule has 3 nitrogen and oxygen atoms in total. The molecule has 0 bridgehead atoms. The molecule has 3 unspecified atom stereocenters. The average molecular weight is 239 g/mol. The number of nitrogens with zero attached hydrogens (tertiary/aromatic N) is 1. The average Bonchev–Trinajstić information content (AvgIpc) is 2.64. The van der Waals surface area contributed by atoms with E-state index >= 15 is 0 Å². The standard InChI is InChI=1S/C14H25NO2/c1-5-15-8-10-6-7-17-9-11(10)12(15)13(16)14(2,3)4/h10-12H,5-9H2,1-4H3. The Bertz CT molecular complexity index is 295. The molecule has 0 radical (unpaired) electrons. The van der Waals surface area contributed by atoms with Gasteiger partial charge in [0, 0.05) is 24.5 Å². The van der Waals surface area contributed by atoms with E-state index in [0.29, 0.717) is 17.6 Å². The number of Topliss-reactive ketones (excluding diaryl/α,β-unsaturated/α-hetero) is 1. The van der Waals surface area contributed by atoms with Crippen molar-refractivity contribution in [1.29, 1.82) is 0 Å². The fourth-order valence-electron chi connectivity index (χ4n) is 3.20. The first-order chi connectivity index (χ1) is 7.95. The van der Waals surface area contributed by atoms with E-state index in [2.05, 4.69) is 11.8 Å². The van der Waals surface area contributed by atoms with Crippen LogP contribution in [0, 0.1) is 17.3 Å². The molecule has 0 spiro atoms. The summed E-state index contributed by atoms with van der Waals surface area (Å²) >= 11 is 0. The van der Waals surface area contributed by atoms with Crippen LogP contribution in [-0.2, 0) is 9.53 Å². The molecular formula is C14H25NO2. The first kappa shape index (κ1) is 13.0. The highest BCUT2D eigenvalue weighted by molar-refractivity contribution is 5.89. The summed E-state index contributed by atoms with van der Waals surface area (Å²) < 4.78 is 5.59. The summed E-state index contributed by atoms with van der Waals surface area (Å²) in [6.07, 6.45) is 1.12. The third-order valence-electron chi connectivity index (χ3n) is 4.23. The molecule has 0 aromatic carbocycles. The number of likely N-dealkylation sites (N-methyl/N-ethyl adjacent to an activating group) is 1. The lowest BCUT2D eigenvalue weighted by molar-refractivity contribution is -0.133. The molecule has 0 aliphatic carbocycles. The Morgan fingerprint density at radius 3 is 2.71 bits per heavy atom. The SMILES string of the molecule is CCN1CC2CCOCC2C1C(=O)C(C)(C)C. The molecule has 2 saturated heterocycles. The summed E-state index contributed by atoms with van der Waals surface area (Å²) in [6, 6.07) is 0.0882. The van der Waals surface area contributed by atoms with Crippen molar-refractivity contribution in [2.24, 2.45) is 17.3 Å². The van der Waals surface area contributed by atoms with Gasteiger partial charge in [-0.2, -0.15) is 0 Å². The van der Waals surface area contributed by atoms with Crippen molar-refractivity contribution in [2.45, 2.75) is 40.2 Å². The minimum atomic E-state index is -0.246. The molecule has 0 aromatic heterocycles. The first-order valence-corrected chi connectivity index (χ1v) is 6.81. The third-order valence-corrected chi connectivity index (χ3v) is 4.23. The predicted octanol–water partition coefficient (Wildman–Crippen LogP) is 1.96. The molecule has 17 heavy (non-hydrogen) atoms. The number of likely N-dealkylation sites (tertiary alicyclic amines) is 1. The number of hydrogen-bond acceptors (Lipinski definition) is 3. The zero-order valence-corrected chi connectivity index (χ0v) is 11.5. The topological polar surface area (TPSA) is 29.5 Å². The van der Waals surface area contributed by atoms with Gasteiger partial charge in [-0.15, -0.1) is 0 Å². The lowest BCUT2D eigenvalue weighted by atomic mass is 9.78. The van der Waals surface area contributed by atoms with E-state index in [9.17, 15) is 4.79 Å². The number of carbonyl (C=O) groups excluding carboxylic acids is 1. The highest BCUT2D eigenvalue weighted by Gasteiger charge is 2.48. The van der Waals surface area contributed by atoms with Crippen molar-refractivity contribution < 1.29 is 9.53 Å². The Hall–Kier alpha value is -0.410. The summed E-state index contributed by atoms with van der Waals surface area (Å²) in [7, 11) is 0. The van der Waals surface area contributed by atoms with Gasteiger partial charge in [0.25, 0.3) is 0 Å². The van der Waals surface area contributed by atoms with Gasteiger partial charge in [-0.1, -0.05) is 27.7 Å². The second kappa shape index (κ2) is 4.69. The normalized spacial score (nSPS) is 34.7. The predicted molar refractivity (Wildman–Crippen MR) is 67.9 cm³/mol. The minimum absolute atomic E-state index is 0.0882. The molecule has 2 aliphatic rings. The first-order valence-electron chi connectivity index (χ1n) is 6.81. The van der Waals surface area contributed by atoms with Gasteiger partial charge in [-0.05, 0) is 18.9 Å². The van der Waals surface area contributed by atoms with Crippen molar-refractivity contribution in [3.8, 4) is 0 Å². The molecule has 98 valence electrons. The van der Waals surface area contributed by atoms with Crippen LogP contribution in [0.2, 0.25) is 0 Å². The molecule has 0 N–H and O–H groups in total. The second-order valence-electron chi connectivity index (χ2n) is 6.43. The van der Waals surface area contributed by atoms with Gasteiger partial charge in [0.05, 0.1) is 12.6 Å². The molecule has 2 rings (SSSR count). The molecule has 2 fully saturated rings. The van der Waals surface area contributed by atoms with Gasteiger partial charge >= 0.3 is 0 Å². The molecule has 0 aromatic rings. The van der Waals surface area contributed by atoms with Gasteiger partial charge in [0.15, 0.2) is 5.78 Å². The van der Waals surface area contributed by atoms with E-state index in [1.54, 1.807) is 0 Å². The molecule has 2 aliphatic heterocycles.